The minimum Gasteiger partial charge on any atom is -0.314 e. The Labute approximate surface area is 108 Å². The van der Waals surface area contributed by atoms with Gasteiger partial charge in [-0.1, -0.05) is 58.8 Å². The fourth-order valence-corrected chi connectivity index (χ4v) is 4.05. The van der Waals surface area contributed by atoms with Crippen LogP contribution in [0.3, 0.4) is 0 Å². The second kappa shape index (κ2) is 6.22. The normalized spacial score (nSPS) is 41.8. The fraction of sp³-hybridized carbons (Fsp3) is 1.00. The molecule has 0 radical (unpaired) electrons. The van der Waals surface area contributed by atoms with Gasteiger partial charge in [-0.2, -0.15) is 0 Å². The number of hydrogen-bond acceptors (Lipinski definition) is 1. The summed E-state index contributed by atoms with van der Waals surface area (Å²) in [4.78, 5) is 0. The van der Waals surface area contributed by atoms with E-state index in [-0.39, 0.29) is 0 Å². The molecule has 4 atom stereocenters. The van der Waals surface area contributed by atoms with Crippen molar-refractivity contribution < 1.29 is 0 Å². The molecule has 0 aromatic heterocycles. The Bertz CT molecular complexity index is 218. The molecule has 2 aliphatic rings. The lowest BCUT2D eigenvalue weighted by molar-refractivity contribution is 0.0940. The highest BCUT2D eigenvalue weighted by atomic mass is 14.9. The molecule has 0 bridgehead atoms. The average Bonchev–Trinajstić information content (AvgIpc) is 2.27. The summed E-state index contributed by atoms with van der Waals surface area (Å²) in [6, 6.07) is 0.717. The van der Waals surface area contributed by atoms with Crippen LogP contribution in [0.25, 0.3) is 0 Å². The lowest BCUT2D eigenvalue weighted by atomic mass is 9.68. The van der Waals surface area contributed by atoms with E-state index in [0.29, 0.717) is 0 Å². The first-order valence-electron chi connectivity index (χ1n) is 7.93. The summed E-state index contributed by atoms with van der Waals surface area (Å²) in [7, 11) is 0. The van der Waals surface area contributed by atoms with E-state index >= 15 is 0 Å². The molecule has 1 N–H and O–H groups in total. The van der Waals surface area contributed by atoms with Crippen molar-refractivity contribution in [3.05, 3.63) is 0 Å². The highest BCUT2D eigenvalue weighted by Crippen LogP contribution is 2.38. The monoisotopic (exact) mass is 237 g/mol. The Hall–Kier alpha value is -0.0400. The van der Waals surface area contributed by atoms with E-state index in [4.69, 9.17) is 0 Å². The summed E-state index contributed by atoms with van der Waals surface area (Å²) in [5, 5.41) is 3.75. The molecule has 2 rings (SSSR count). The summed E-state index contributed by atoms with van der Waals surface area (Å²) in [6.45, 7) is 8.58. The number of nitrogens with one attached hydrogen (secondary N) is 1. The van der Waals surface area contributed by atoms with Crippen LogP contribution < -0.4 is 5.32 Å². The standard InChI is InChI=1S/C16H31N/c1-12-13(2)16(11-17-14(12)3)15-9-7-5-4-6-8-10-15/h12-17H,4-11H2,1-3H3. The van der Waals surface area contributed by atoms with Crippen molar-refractivity contribution >= 4 is 0 Å². The smallest absolute Gasteiger partial charge is 0.00671 e. The molecule has 4 unspecified atom stereocenters. The SMILES string of the molecule is CC1NCC(C2CCCCCCC2)C(C)C1C. The van der Waals surface area contributed by atoms with E-state index in [1.54, 1.807) is 0 Å². The zero-order valence-corrected chi connectivity index (χ0v) is 12.0. The van der Waals surface area contributed by atoms with Gasteiger partial charge in [0.1, 0.15) is 0 Å². The molecule has 1 saturated heterocycles. The zero-order valence-electron chi connectivity index (χ0n) is 12.0. The average molecular weight is 237 g/mol. The summed E-state index contributed by atoms with van der Waals surface area (Å²) < 4.78 is 0. The first-order chi connectivity index (χ1) is 8.20. The molecule has 17 heavy (non-hydrogen) atoms. The zero-order chi connectivity index (χ0) is 12.3. The number of rotatable bonds is 1. The van der Waals surface area contributed by atoms with Gasteiger partial charge < -0.3 is 5.32 Å². The Kier molecular flexibility index (Phi) is 4.90. The molecule has 1 heterocycles. The molecule has 0 amide bonds. The second-order valence-corrected chi connectivity index (χ2v) is 6.68. The largest absolute Gasteiger partial charge is 0.314 e. The third kappa shape index (κ3) is 3.24. The van der Waals surface area contributed by atoms with Crippen molar-refractivity contribution in [2.75, 3.05) is 6.54 Å². The van der Waals surface area contributed by atoms with Crippen LogP contribution in [0.4, 0.5) is 0 Å². The van der Waals surface area contributed by atoms with Crippen LogP contribution in [-0.4, -0.2) is 12.6 Å². The third-order valence-corrected chi connectivity index (χ3v) is 5.72. The lowest BCUT2D eigenvalue weighted by Gasteiger charge is -2.43. The molecule has 1 heteroatoms. The minimum atomic E-state index is 0.717. The first-order valence-corrected chi connectivity index (χ1v) is 7.93. The highest BCUT2D eigenvalue weighted by Gasteiger charge is 2.35. The van der Waals surface area contributed by atoms with Gasteiger partial charge in [0, 0.05) is 6.04 Å². The van der Waals surface area contributed by atoms with Gasteiger partial charge in [-0.25, -0.2) is 0 Å². The highest BCUT2D eigenvalue weighted by molar-refractivity contribution is 4.89. The molecular weight excluding hydrogens is 206 g/mol. The van der Waals surface area contributed by atoms with Crippen LogP contribution in [0.5, 0.6) is 0 Å². The van der Waals surface area contributed by atoms with Crippen molar-refractivity contribution in [2.24, 2.45) is 23.7 Å². The Morgan fingerprint density at radius 1 is 0.765 bits per heavy atom. The van der Waals surface area contributed by atoms with E-state index in [2.05, 4.69) is 26.1 Å². The van der Waals surface area contributed by atoms with Gasteiger partial charge in [0.25, 0.3) is 0 Å². The van der Waals surface area contributed by atoms with Gasteiger partial charge >= 0.3 is 0 Å². The van der Waals surface area contributed by atoms with Crippen LogP contribution in [-0.2, 0) is 0 Å². The predicted molar refractivity (Wildman–Crippen MR) is 75.1 cm³/mol. The van der Waals surface area contributed by atoms with Crippen LogP contribution in [0.2, 0.25) is 0 Å². The summed E-state index contributed by atoms with van der Waals surface area (Å²) >= 11 is 0. The molecule has 1 aliphatic carbocycles. The summed E-state index contributed by atoms with van der Waals surface area (Å²) in [6.07, 6.45) is 10.4. The maximum absolute atomic E-state index is 3.75. The fourth-order valence-electron chi connectivity index (χ4n) is 4.05. The molecule has 2 fully saturated rings. The maximum Gasteiger partial charge on any atom is 0.00671 e. The van der Waals surface area contributed by atoms with Gasteiger partial charge in [0.15, 0.2) is 0 Å². The van der Waals surface area contributed by atoms with Crippen molar-refractivity contribution in [1.82, 2.24) is 5.32 Å². The van der Waals surface area contributed by atoms with Crippen molar-refractivity contribution in [2.45, 2.75) is 71.8 Å². The molecule has 1 aliphatic heterocycles. The summed E-state index contributed by atoms with van der Waals surface area (Å²) in [5.41, 5.74) is 0. The minimum absolute atomic E-state index is 0.717. The number of piperidine rings is 1. The molecular formula is C16H31N. The lowest BCUT2D eigenvalue weighted by Crippen LogP contribution is -2.49. The molecule has 1 nitrogen and oxygen atoms in total. The third-order valence-electron chi connectivity index (χ3n) is 5.72. The second-order valence-electron chi connectivity index (χ2n) is 6.68. The quantitative estimate of drug-likeness (QED) is 0.720. The van der Waals surface area contributed by atoms with E-state index in [0.717, 1.165) is 29.7 Å². The molecule has 100 valence electrons. The Morgan fingerprint density at radius 2 is 1.35 bits per heavy atom. The van der Waals surface area contributed by atoms with Gasteiger partial charge in [0.05, 0.1) is 0 Å². The Balaban J connectivity index is 1.94. The predicted octanol–water partition coefficient (Wildman–Crippen LogP) is 4.23. The molecule has 0 spiro atoms. The van der Waals surface area contributed by atoms with Crippen molar-refractivity contribution in [1.29, 1.82) is 0 Å². The van der Waals surface area contributed by atoms with E-state index in [1.807, 2.05) is 0 Å². The summed E-state index contributed by atoms with van der Waals surface area (Å²) in [5.74, 6) is 3.71. The van der Waals surface area contributed by atoms with Crippen LogP contribution in [0.1, 0.15) is 65.7 Å². The van der Waals surface area contributed by atoms with Crippen LogP contribution in [0.15, 0.2) is 0 Å². The Morgan fingerprint density at radius 3 is 2.00 bits per heavy atom. The van der Waals surface area contributed by atoms with Gasteiger partial charge in [-0.05, 0) is 37.1 Å². The van der Waals surface area contributed by atoms with Crippen molar-refractivity contribution in [3.63, 3.8) is 0 Å². The van der Waals surface area contributed by atoms with Gasteiger partial charge in [-0.3, -0.25) is 0 Å². The topological polar surface area (TPSA) is 12.0 Å². The van der Waals surface area contributed by atoms with E-state index in [1.165, 1.54) is 51.5 Å². The van der Waals surface area contributed by atoms with Gasteiger partial charge in [0.2, 0.25) is 0 Å². The number of hydrogen-bond donors (Lipinski definition) is 1. The first kappa shape index (κ1) is 13.4. The van der Waals surface area contributed by atoms with Crippen LogP contribution >= 0.6 is 0 Å². The van der Waals surface area contributed by atoms with Gasteiger partial charge in [-0.15, -0.1) is 0 Å². The molecule has 1 saturated carbocycles. The molecule has 0 aromatic rings. The van der Waals surface area contributed by atoms with Crippen molar-refractivity contribution in [3.8, 4) is 0 Å². The van der Waals surface area contributed by atoms with E-state index in [9.17, 15) is 0 Å². The van der Waals surface area contributed by atoms with Crippen LogP contribution in [0, 0.1) is 23.7 Å². The van der Waals surface area contributed by atoms with E-state index < -0.39 is 0 Å². The maximum atomic E-state index is 3.75. The molecule has 0 aromatic carbocycles.